The Kier molecular flexibility index (Phi) is 4.20. The Morgan fingerprint density at radius 1 is 1.35 bits per heavy atom. The van der Waals surface area contributed by atoms with Gasteiger partial charge in [-0.3, -0.25) is 4.79 Å². The summed E-state index contributed by atoms with van der Waals surface area (Å²) in [7, 11) is 0. The molecule has 3 nitrogen and oxygen atoms in total. The molecule has 2 aliphatic rings. The lowest BCUT2D eigenvalue weighted by Crippen LogP contribution is -2.46. The molecule has 2 N–H and O–H groups in total. The number of amides is 1. The average Bonchev–Trinajstić information content (AvgIpc) is 2.91. The van der Waals surface area contributed by atoms with Crippen molar-refractivity contribution in [1.82, 2.24) is 5.32 Å². The molecule has 3 atom stereocenters. The molecule has 4 heteroatoms. The van der Waals surface area contributed by atoms with Gasteiger partial charge in [-0.15, -0.1) is 0 Å². The number of hydrogen-bond donors (Lipinski definition) is 2. The molecule has 1 aromatic rings. The average molecular weight is 290 g/mol. The molecule has 3 rings (SSSR count). The number of thioether (sulfide) groups is 1. The Labute approximate surface area is 124 Å². The molecule has 0 radical (unpaired) electrons. The Balaban J connectivity index is 1.56. The summed E-state index contributed by atoms with van der Waals surface area (Å²) < 4.78 is 0. The van der Waals surface area contributed by atoms with E-state index < -0.39 is 0 Å². The van der Waals surface area contributed by atoms with Crippen molar-refractivity contribution < 1.29 is 4.79 Å². The highest BCUT2D eigenvalue weighted by Crippen LogP contribution is 2.28. The van der Waals surface area contributed by atoms with E-state index in [1.54, 1.807) is 0 Å². The largest absolute Gasteiger partial charge is 0.373 e. The molecule has 1 fully saturated rings. The minimum absolute atomic E-state index is 0.0953. The van der Waals surface area contributed by atoms with Crippen LogP contribution in [0.1, 0.15) is 31.2 Å². The second-order valence-corrected chi connectivity index (χ2v) is 6.93. The van der Waals surface area contributed by atoms with Gasteiger partial charge < -0.3 is 10.6 Å². The molecule has 0 saturated heterocycles. The van der Waals surface area contributed by atoms with Crippen LogP contribution in [0.2, 0.25) is 0 Å². The maximum absolute atomic E-state index is 12.4. The van der Waals surface area contributed by atoms with Crippen molar-refractivity contribution in [3.8, 4) is 0 Å². The molecule has 20 heavy (non-hydrogen) atoms. The maximum atomic E-state index is 12.4. The number of carbonyl (C=O) groups is 1. The van der Waals surface area contributed by atoms with E-state index in [2.05, 4.69) is 23.0 Å². The molecule has 0 bridgehead atoms. The van der Waals surface area contributed by atoms with Crippen LogP contribution < -0.4 is 10.6 Å². The highest BCUT2D eigenvalue weighted by atomic mass is 32.2. The molecule has 1 aromatic carbocycles. The zero-order valence-corrected chi connectivity index (χ0v) is 12.7. The molecule has 1 amide bonds. The van der Waals surface area contributed by atoms with Gasteiger partial charge in [-0.1, -0.05) is 24.6 Å². The van der Waals surface area contributed by atoms with E-state index in [9.17, 15) is 4.79 Å². The van der Waals surface area contributed by atoms with E-state index in [-0.39, 0.29) is 11.9 Å². The molecule has 1 saturated carbocycles. The van der Waals surface area contributed by atoms with Gasteiger partial charge in [0.15, 0.2) is 0 Å². The SMILES string of the molecule is CSC1CCCC(NC(=O)[C@@H]2Cc3ccccc3N2)C1. The quantitative estimate of drug-likeness (QED) is 0.899. The van der Waals surface area contributed by atoms with Gasteiger partial charge in [0.05, 0.1) is 0 Å². The summed E-state index contributed by atoms with van der Waals surface area (Å²) >= 11 is 1.93. The summed E-state index contributed by atoms with van der Waals surface area (Å²) in [5, 5.41) is 7.29. The second kappa shape index (κ2) is 6.08. The maximum Gasteiger partial charge on any atom is 0.243 e. The van der Waals surface area contributed by atoms with Crippen molar-refractivity contribution in [1.29, 1.82) is 0 Å². The molecule has 0 aromatic heterocycles. The van der Waals surface area contributed by atoms with Crippen LogP contribution in [0.5, 0.6) is 0 Å². The summed E-state index contributed by atoms with van der Waals surface area (Å²) in [6.45, 7) is 0. The third kappa shape index (κ3) is 2.95. The van der Waals surface area contributed by atoms with Gasteiger partial charge in [0, 0.05) is 23.4 Å². The first kappa shape index (κ1) is 13.8. The normalized spacial score (nSPS) is 28.6. The van der Waals surface area contributed by atoms with Crippen LogP contribution >= 0.6 is 11.8 Å². The summed E-state index contributed by atoms with van der Waals surface area (Å²) in [4.78, 5) is 12.4. The summed E-state index contributed by atoms with van der Waals surface area (Å²) in [5.41, 5.74) is 2.36. The first-order valence-electron chi connectivity index (χ1n) is 7.44. The fourth-order valence-corrected chi connectivity index (χ4v) is 4.08. The third-order valence-electron chi connectivity index (χ3n) is 4.39. The lowest BCUT2D eigenvalue weighted by molar-refractivity contribution is -0.122. The standard InChI is InChI=1S/C16H22N2OS/c1-20-13-7-4-6-12(10-13)17-16(19)15-9-11-5-2-3-8-14(11)18-15/h2-3,5,8,12-13,15,18H,4,6-7,9-10H2,1H3,(H,17,19)/t12?,13?,15-/m0/s1. The number of carbonyl (C=O) groups excluding carboxylic acids is 1. The topological polar surface area (TPSA) is 41.1 Å². The number of nitrogens with one attached hydrogen (secondary N) is 2. The highest BCUT2D eigenvalue weighted by molar-refractivity contribution is 7.99. The van der Waals surface area contributed by atoms with Gasteiger partial charge in [-0.05, 0) is 37.1 Å². The van der Waals surface area contributed by atoms with Crippen molar-refractivity contribution in [2.45, 2.75) is 49.4 Å². The minimum atomic E-state index is -0.0953. The zero-order valence-electron chi connectivity index (χ0n) is 11.9. The molecule has 1 aliphatic carbocycles. The first-order valence-corrected chi connectivity index (χ1v) is 8.72. The van der Waals surface area contributed by atoms with Crippen molar-refractivity contribution in [3.63, 3.8) is 0 Å². The lowest BCUT2D eigenvalue weighted by Gasteiger charge is -2.29. The van der Waals surface area contributed by atoms with Gasteiger partial charge in [0.2, 0.25) is 5.91 Å². The minimum Gasteiger partial charge on any atom is -0.373 e. The molecule has 2 unspecified atom stereocenters. The van der Waals surface area contributed by atoms with Crippen molar-refractivity contribution in [2.75, 3.05) is 11.6 Å². The molecular formula is C16H22N2OS. The van der Waals surface area contributed by atoms with E-state index >= 15 is 0 Å². The summed E-state index contributed by atoms with van der Waals surface area (Å²) in [6.07, 6.45) is 7.75. The predicted octanol–water partition coefficient (Wildman–Crippen LogP) is 2.81. The number of anilines is 1. The van der Waals surface area contributed by atoms with Gasteiger partial charge in [0.1, 0.15) is 6.04 Å². The van der Waals surface area contributed by atoms with Gasteiger partial charge in [0.25, 0.3) is 0 Å². The smallest absolute Gasteiger partial charge is 0.243 e. The van der Waals surface area contributed by atoms with Crippen LogP contribution in [-0.2, 0) is 11.2 Å². The highest BCUT2D eigenvalue weighted by Gasteiger charge is 2.29. The Morgan fingerprint density at radius 2 is 2.20 bits per heavy atom. The van der Waals surface area contributed by atoms with Crippen LogP contribution in [0.3, 0.4) is 0 Å². The van der Waals surface area contributed by atoms with Gasteiger partial charge in [-0.25, -0.2) is 0 Å². The number of benzene rings is 1. The zero-order chi connectivity index (χ0) is 13.9. The van der Waals surface area contributed by atoms with Crippen LogP contribution in [0.15, 0.2) is 24.3 Å². The van der Waals surface area contributed by atoms with E-state index in [1.807, 2.05) is 30.0 Å². The van der Waals surface area contributed by atoms with E-state index in [1.165, 1.54) is 18.4 Å². The molecular weight excluding hydrogens is 268 g/mol. The monoisotopic (exact) mass is 290 g/mol. The van der Waals surface area contributed by atoms with E-state index in [4.69, 9.17) is 0 Å². The van der Waals surface area contributed by atoms with E-state index in [0.717, 1.165) is 24.9 Å². The Bertz CT molecular complexity index is 466. The van der Waals surface area contributed by atoms with Gasteiger partial charge in [-0.2, -0.15) is 11.8 Å². The predicted molar refractivity (Wildman–Crippen MR) is 85.3 cm³/mol. The fraction of sp³-hybridized carbons (Fsp3) is 0.562. The fourth-order valence-electron chi connectivity index (χ4n) is 3.25. The van der Waals surface area contributed by atoms with Crippen molar-refractivity contribution in [2.24, 2.45) is 0 Å². The number of hydrogen-bond acceptors (Lipinski definition) is 3. The van der Waals surface area contributed by atoms with Crippen LogP contribution in [0.25, 0.3) is 0 Å². The first-order chi connectivity index (χ1) is 9.76. The molecule has 108 valence electrons. The number of fused-ring (bicyclic) bond motifs is 1. The summed E-state index contributed by atoms with van der Waals surface area (Å²) in [6, 6.07) is 8.45. The van der Waals surface area contributed by atoms with Crippen molar-refractivity contribution >= 4 is 23.4 Å². The number of rotatable bonds is 3. The van der Waals surface area contributed by atoms with Crippen LogP contribution in [-0.4, -0.2) is 29.5 Å². The second-order valence-electron chi connectivity index (χ2n) is 5.79. The number of para-hydroxylation sites is 1. The van der Waals surface area contributed by atoms with Crippen LogP contribution in [0.4, 0.5) is 5.69 Å². The Hall–Kier alpha value is -1.16. The third-order valence-corrected chi connectivity index (χ3v) is 5.49. The lowest BCUT2D eigenvalue weighted by atomic mass is 9.94. The Morgan fingerprint density at radius 3 is 3.00 bits per heavy atom. The van der Waals surface area contributed by atoms with Crippen LogP contribution in [0, 0.1) is 0 Å². The van der Waals surface area contributed by atoms with Gasteiger partial charge >= 0.3 is 0 Å². The molecule has 1 heterocycles. The summed E-state index contributed by atoms with van der Waals surface area (Å²) in [5.74, 6) is 0.160. The molecule has 1 aliphatic heterocycles. The van der Waals surface area contributed by atoms with Crippen molar-refractivity contribution in [3.05, 3.63) is 29.8 Å². The molecule has 0 spiro atoms. The van der Waals surface area contributed by atoms with E-state index in [0.29, 0.717) is 11.3 Å².